The highest BCUT2D eigenvalue weighted by Crippen LogP contribution is 2.05. The van der Waals surface area contributed by atoms with Gasteiger partial charge in [0.25, 0.3) is 0 Å². The van der Waals surface area contributed by atoms with Gasteiger partial charge in [-0.1, -0.05) is 35.5 Å². The average Bonchev–Trinajstić information content (AvgIpc) is 3.03. The Bertz CT molecular complexity index is 1240. The molecule has 1 rings (SSSR count). The fraction of sp³-hybridized carbons (Fsp3) is 0.412. The first-order valence-electron chi connectivity index (χ1n) is 13.8. The Morgan fingerprint density at radius 2 is 0.500 bits per heavy atom. The van der Waals surface area contributed by atoms with Crippen molar-refractivity contribution in [1.29, 1.82) is 10.5 Å². The number of carbonyl (C=O) groups is 6. The molecule has 14 heteroatoms. The van der Waals surface area contributed by atoms with Crippen LogP contribution < -0.4 is 0 Å². The van der Waals surface area contributed by atoms with E-state index in [0.29, 0.717) is 0 Å². The second kappa shape index (κ2) is 25.5. The molecule has 0 bridgehead atoms. The molecule has 0 atom stereocenters. The Balaban J connectivity index is 0. The topological polar surface area (TPSA) is 169 Å². The minimum Gasteiger partial charge on any atom is -0.321 e. The number of rotatable bonds is 6. The van der Waals surface area contributed by atoms with Gasteiger partial charge in [-0.25, -0.2) is 0 Å². The van der Waals surface area contributed by atoms with Crippen molar-refractivity contribution in [3.05, 3.63) is 0 Å². The smallest absolute Gasteiger partial charge is 0.243 e. The van der Waals surface area contributed by atoms with Gasteiger partial charge in [-0.15, -0.1) is 38.5 Å². The van der Waals surface area contributed by atoms with Crippen LogP contribution in [0.3, 0.4) is 0 Å². The SMILES string of the molecule is C#CCN1CC(=O)N(CC#C)CC(=O)N(CC#C)CC(=O)N(CC#C)CC(=O)N(CC#C)CC(=O)N(CC#C)CC1=O.CC#N.CC#N. The summed E-state index contributed by atoms with van der Waals surface area (Å²) in [6.07, 6.45) is 32.4. The van der Waals surface area contributed by atoms with Crippen molar-refractivity contribution in [1.82, 2.24) is 29.4 Å². The van der Waals surface area contributed by atoms with Crippen molar-refractivity contribution in [3.63, 3.8) is 0 Å². The maximum absolute atomic E-state index is 13.1. The molecule has 0 spiro atoms. The Morgan fingerprint density at radius 3 is 0.583 bits per heavy atom. The Kier molecular flexibility index (Phi) is 23.0. The molecule has 1 fully saturated rings. The lowest BCUT2D eigenvalue weighted by Crippen LogP contribution is -2.53. The summed E-state index contributed by atoms with van der Waals surface area (Å²) in [5.74, 6) is 9.21. The fourth-order valence-electron chi connectivity index (χ4n) is 3.63. The number of hydrogen-bond acceptors (Lipinski definition) is 8. The third-order valence-electron chi connectivity index (χ3n) is 5.77. The molecule has 0 aromatic carbocycles. The van der Waals surface area contributed by atoms with Gasteiger partial charge >= 0.3 is 0 Å². The van der Waals surface area contributed by atoms with E-state index in [1.807, 2.05) is 0 Å². The second-order valence-electron chi connectivity index (χ2n) is 9.17. The fourth-order valence-corrected chi connectivity index (χ4v) is 3.63. The van der Waals surface area contributed by atoms with Crippen LogP contribution in [0.2, 0.25) is 0 Å². The Morgan fingerprint density at radius 1 is 0.396 bits per heavy atom. The van der Waals surface area contributed by atoms with Gasteiger partial charge < -0.3 is 29.4 Å². The van der Waals surface area contributed by atoms with Gasteiger partial charge in [-0.3, -0.25) is 28.8 Å². The molecular formula is C34H36N8O6. The van der Waals surface area contributed by atoms with E-state index in [1.165, 1.54) is 13.8 Å². The van der Waals surface area contributed by atoms with E-state index in [2.05, 4.69) is 35.5 Å². The molecule has 0 radical (unpaired) electrons. The molecule has 1 heterocycles. The lowest BCUT2D eigenvalue weighted by atomic mass is 10.3. The first kappa shape index (κ1) is 43.3. The molecule has 248 valence electrons. The highest BCUT2D eigenvalue weighted by Gasteiger charge is 2.30. The van der Waals surface area contributed by atoms with E-state index in [4.69, 9.17) is 49.1 Å². The first-order chi connectivity index (χ1) is 22.9. The average molecular weight is 653 g/mol. The van der Waals surface area contributed by atoms with Crippen LogP contribution >= 0.6 is 0 Å². The molecule has 1 aliphatic rings. The molecule has 6 amide bonds. The Labute approximate surface area is 282 Å². The highest BCUT2D eigenvalue weighted by molar-refractivity contribution is 5.94. The van der Waals surface area contributed by atoms with Gasteiger partial charge in [-0.05, 0) is 0 Å². The van der Waals surface area contributed by atoms with Crippen LogP contribution in [0.25, 0.3) is 0 Å². The van der Waals surface area contributed by atoms with Crippen LogP contribution in [0.4, 0.5) is 0 Å². The van der Waals surface area contributed by atoms with Crippen LogP contribution in [0.5, 0.6) is 0 Å². The summed E-state index contributed by atoms with van der Waals surface area (Å²) in [5.41, 5.74) is 0. The number of carbonyl (C=O) groups excluding carboxylic acids is 6. The molecule has 48 heavy (non-hydrogen) atoms. The largest absolute Gasteiger partial charge is 0.321 e. The molecule has 0 unspecified atom stereocenters. The van der Waals surface area contributed by atoms with Gasteiger partial charge in [0.1, 0.15) is 39.3 Å². The zero-order valence-electron chi connectivity index (χ0n) is 27.0. The van der Waals surface area contributed by atoms with E-state index < -0.39 is 74.7 Å². The van der Waals surface area contributed by atoms with Crippen LogP contribution in [-0.4, -0.2) is 143 Å². The summed E-state index contributed by atoms with van der Waals surface area (Å²) in [5, 5.41) is 14.6. The quantitative estimate of drug-likeness (QED) is 0.292. The minimum atomic E-state index is -0.729. The Hall–Kier alpha value is -6.84. The third-order valence-corrected chi connectivity index (χ3v) is 5.77. The lowest BCUT2D eigenvalue weighted by molar-refractivity contribution is -0.148. The van der Waals surface area contributed by atoms with Gasteiger partial charge in [-0.2, -0.15) is 10.5 Å². The molecule has 0 aliphatic carbocycles. The van der Waals surface area contributed by atoms with Crippen molar-refractivity contribution in [2.75, 3.05) is 78.5 Å². The van der Waals surface area contributed by atoms with Crippen LogP contribution in [0, 0.1) is 96.7 Å². The number of nitriles is 2. The zero-order valence-corrected chi connectivity index (χ0v) is 27.0. The monoisotopic (exact) mass is 652 g/mol. The summed E-state index contributed by atoms with van der Waals surface area (Å²) in [4.78, 5) is 84.8. The van der Waals surface area contributed by atoms with E-state index in [-0.39, 0.29) is 39.3 Å². The zero-order chi connectivity index (χ0) is 37.1. The standard InChI is InChI=1S/C30H30N6O6.2C2H3N/c1-7-13-31-19-26(38)33(15-9-3)21-28(40)35(17-11-5)23-30(42)36(18-12-6)24-29(41)34(16-10-4)22-27(39)32(14-8-2)20-25(31)37;2*1-2-3/h1-6H,13-24H2;2*1H3. The van der Waals surface area contributed by atoms with E-state index in [1.54, 1.807) is 12.1 Å². The van der Waals surface area contributed by atoms with Crippen molar-refractivity contribution in [3.8, 4) is 86.2 Å². The number of hydrogen-bond donors (Lipinski definition) is 0. The molecule has 0 N–H and O–H groups in total. The van der Waals surface area contributed by atoms with Gasteiger partial charge in [0, 0.05) is 13.8 Å². The number of nitrogens with zero attached hydrogens (tertiary/aromatic N) is 8. The van der Waals surface area contributed by atoms with Crippen molar-refractivity contribution in [2.45, 2.75) is 13.8 Å². The van der Waals surface area contributed by atoms with E-state index in [0.717, 1.165) is 29.4 Å². The second-order valence-corrected chi connectivity index (χ2v) is 9.17. The maximum Gasteiger partial charge on any atom is 0.243 e. The minimum absolute atomic E-state index is 0.315. The molecule has 0 aromatic heterocycles. The van der Waals surface area contributed by atoms with Crippen molar-refractivity contribution < 1.29 is 28.8 Å². The summed E-state index contributed by atoms with van der Waals surface area (Å²) >= 11 is 0. The van der Waals surface area contributed by atoms with Crippen LogP contribution in [0.1, 0.15) is 13.8 Å². The van der Waals surface area contributed by atoms with Crippen molar-refractivity contribution in [2.24, 2.45) is 0 Å². The molecule has 0 saturated carbocycles. The van der Waals surface area contributed by atoms with Gasteiger partial charge in [0.05, 0.1) is 51.4 Å². The van der Waals surface area contributed by atoms with Crippen LogP contribution in [-0.2, 0) is 28.8 Å². The maximum atomic E-state index is 13.1. The van der Waals surface area contributed by atoms with Gasteiger partial charge in [0.2, 0.25) is 35.4 Å². The summed E-state index contributed by atoms with van der Waals surface area (Å²) in [6, 6.07) is 3.50. The highest BCUT2D eigenvalue weighted by atomic mass is 16.2. The molecule has 14 nitrogen and oxygen atoms in total. The predicted molar refractivity (Wildman–Crippen MR) is 175 cm³/mol. The van der Waals surface area contributed by atoms with E-state index in [9.17, 15) is 28.8 Å². The third kappa shape index (κ3) is 16.3. The number of amides is 6. The van der Waals surface area contributed by atoms with Crippen molar-refractivity contribution >= 4 is 35.4 Å². The predicted octanol–water partition coefficient (Wildman–Crippen LogP) is -2.17. The van der Waals surface area contributed by atoms with Crippen LogP contribution in [0.15, 0.2) is 0 Å². The summed E-state index contributed by atoms with van der Waals surface area (Å²) < 4.78 is 0. The lowest BCUT2D eigenvalue weighted by Gasteiger charge is -2.31. The number of terminal acetylenes is 6. The molecule has 1 aliphatic heterocycles. The summed E-state index contributed by atoms with van der Waals surface area (Å²) in [6.45, 7) is -2.52. The summed E-state index contributed by atoms with van der Waals surface area (Å²) in [7, 11) is 0. The first-order valence-corrected chi connectivity index (χ1v) is 13.8. The molecule has 0 aromatic rings. The van der Waals surface area contributed by atoms with Gasteiger partial charge in [0.15, 0.2) is 0 Å². The molecular weight excluding hydrogens is 616 g/mol. The van der Waals surface area contributed by atoms with E-state index >= 15 is 0 Å². The normalized spacial score (nSPS) is 14.7. The molecule has 1 saturated heterocycles.